The monoisotopic (exact) mass is 285 g/mol. The number of hydrogen-bond acceptors (Lipinski definition) is 4. The molecule has 0 radical (unpaired) electrons. The zero-order chi connectivity index (χ0) is 13.8. The van der Waals surface area contributed by atoms with Crippen molar-refractivity contribution >= 4 is 16.5 Å². The maximum absolute atomic E-state index is 13.1. The van der Waals surface area contributed by atoms with Crippen molar-refractivity contribution in [1.82, 2.24) is 9.59 Å². The summed E-state index contributed by atoms with van der Waals surface area (Å²) in [5.74, 6) is -0.236. The summed E-state index contributed by atoms with van der Waals surface area (Å²) in [4.78, 5) is 0. The Morgan fingerprint density at radius 3 is 2.30 bits per heavy atom. The number of anilines is 1. The molecule has 0 bridgehead atoms. The molecule has 0 spiro atoms. The van der Waals surface area contributed by atoms with Crippen molar-refractivity contribution in [3.8, 4) is 0 Å². The van der Waals surface area contributed by atoms with E-state index in [-0.39, 0.29) is 11.9 Å². The molecule has 1 unspecified atom stereocenters. The van der Waals surface area contributed by atoms with Gasteiger partial charge in [0.2, 0.25) is 0 Å². The lowest BCUT2D eigenvalue weighted by atomic mass is 9.99. The fourth-order valence-corrected chi connectivity index (χ4v) is 2.48. The molecular formula is C15H12FN3S. The lowest BCUT2D eigenvalue weighted by Crippen LogP contribution is -2.11. The first-order chi connectivity index (χ1) is 9.83. The maximum atomic E-state index is 13.1. The highest BCUT2D eigenvalue weighted by molar-refractivity contribution is 7.09. The second kappa shape index (κ2) is 5.79. The number of halogens is 1. The van der Waals surface area contributed by atoms with Crippen molar-refractivity contribution in [2.45, 2.75) is 6.04 Å². The van der Waals surface area contributed by atoms with Crippen molar-refractivity contribution in [1.29, 1.82) is 0 Å². The predicted octanol–water partition coefficient (Wildman–Crippen LogP) is 3.88. The molecule has 3 nitrogen and oxygen atoms in total. The zero-order valence-corrected chi connectivity index (χ0v) is 11.3. The van der Waals surface area contributed by atoms with Crippen LogP contribution in [-0.4, -0.2) is 9.59 Å². The summed E-state index contributed by atoms with van der Waals surface area (Å²) in [5.41, 5.74) is 2.10. The summed E-state index contributed by atoms with van der Waals surface area (Å²) in [6.07, 6.45) is 1.68. The Morgan fingerprint density at radius 1 is 0.950 bits per heavy atom. The molecule has 0 aliphatic rings. The lowest BCUT2D eigenvalue weighted by Gasteiger charge is -2.19. The summed E-state index contributed by atoms with van der Waals surface area (Å²) in [6.45, 7) is 0. The molecule has 100 valence electrons. The lowest BCUT2D eigenvalue weighted by molar-refractivity contribution is 0.626. The minimum absolute atomic E-state index is 0.0564. The van der Waals surface area contributed by atoms with Gasteiger partial charge in [0.15, 0.2) is 0 Å². The maximum Gasteiger partial charge on any atom is 0.130 e. The van der Waals surface area contributed by atoms with E-state index in [0.29, 0.717) is 0 Å². The number of rotatable bonds is 4. The Morgan fingerprint density at radius 2 is 1.65 bits per heavy atom. The molecule has 2 aromatic carbocycles. The van der Waals surface area contributed by atoms with Crippen LogP contribution in [0.25, 0.3) is 0 Å². The first-order valence-corrected chi connectivity index (χ1v) is 6.94. The zero-order valence-electron chi connectivity index (χ0n) is 10.5. The Hall–Kier alpha value is -2.27. The number of hydrogen-bond donors (Lipinski definition) is 1. The van der Waals surface area contributed by atoms with E-state index in [1.54, 1.807) is 18.3 Å². The molecule has 3 rings (SSSR count). The summed E-state index contributed by atoms with van der Waals surface area (Å²) in [5, 5.41) is 8.08. The summed E-state index contributed by atoms with van der Waals surface area (Å²) in [6, 6.07) is 16.5. The number of aromatic nitrogens is 2. The highest BCUT2D eigenvalue weighted by atomic mass is 32.1. The fraction of sp³-hybridized carbons (Fsp3) is 0.0667. The molecule has 5 heteroatoms. The van der Waals surface area contributed by atoms with Gasteiger partial charge in [-0.25, -0.2) is 4.39 Å². The van der Waals surface area contributed by atoms with Gasteiger partial charge in [0.1, 0.15) is 10.8 Å². The third-order valence-corrected chi connectivity index (χ3v) is 3.58. The van der Waals surface area contributed by atoms with E-state index in [9.17, 15) is 4.39 Å². The van der Waals surface area contributed by atoms with Crippen LogP contribution < -0.4 is 5.32 Å². The van der Waals surface area contributed by atoms with Gasteiger partial charge in [-0.2, -0.15) is 0 Å². The van der Waals surface area contributed by atoms with Gasteiger partial charge in [0.25, 0.3) is 0 Å². The van der Waals surface area contributed by atoms with E-state index in [0.717, 1.165) is 16.1 Å². The minimum Gasteiger partial charge on any atom is -0.363 e. The number of benzene rings is 2. The Bertz CT molecular complexity index is 653. The van der Waals surface area contributed by atoms with E-state index in [2.05, 4.69) is 14.9 Å². The van der Waals surface area contributed by atoms with Gasteiger partial charge in [-0.15, -0.1) is 5.10 Å². The average Bonchev–Trinajstić information content (AvgIpc) is 3.00. The molecule has 0 saturated carbocycles. The average molecular weight is 285 g/mol. The molecule has 3 aromatic rings. The largest absolute Gasteiger partial charge is 0.363 e. The van der Waals surface area contributed by atoms with Crippen LogP contribution in [0.3, 0.4) is 0 Å². The van der Waals surface area contributed by atoms with Crippen molar-refractivity contribution in [3.63, 3.8) is 0 Å². The van der Waals surface area contributed by atoms with Gasteiger partial charge in [-0.05, 0) is 23.3 Å². The molecule has 1 aromatic heterocycles. The molecule has 0 aliphatic heterocycles. The third-order valence-electron chi connectivity index (χ3n) is 2.98. The van der Waals surface area contributed by atoms with Crippen LogP contribution >= 0.6 is 11.5 Å². The summed E-state index contributed by atoms with van der Waals surface area (Å²) in [7, 11) is 0. The standard InChI is InChI=1S/C15H12FN3S/c16-13-8-6-12(7-9-13)15(11-4-2-1-3-5-11)18-14-10-17-19-20-14/h1-10,15,18H. The summed E-state index contributed by atoms with van der Waals surface area (Å²) >= 11 is 1.30. The van der Waals surface area contributed by atoms with Crippen molar-refractivity contribution < 1.29 is 4.39 Å². The van der Waals surface area contributed by atoms with E-state index in [1.807, 2.05) is 30.3 Å². The number of nitrogens with zero attached hydrogens (tertiary/aromatic N) is 2. The van der Waals surface area contributed by atoms with E-state index in [4.69, 9.17) is 0 Å². The molecule has 0 fully saturated rings. The molecule has 1 heterocycles. The smallest absolute Gasteiger partial charge is 0.130 e. The molecule has 20 heavy (non-hydrogen) atoms. The minimum atomic E-state index is -0.236. The Kier molecular flexibility index (Phi) is 3.69. The van der Waals surface area contributed by atoms with Crippen LogP contribution in [0.4, 0.5) is 9.39 Å². The van der Waals surface area contributed by atoms with E-state index in [1.165, 1.54) is 23.7 Å². The van der Waals surface area contributed by atoms with Gasteiger partial charge in [-0.1, -0.05) is 47.0 Å². The second-order valence-corrected chi connectivity index (χ2v) is 5.11. The topological polar surface area (TPSA) is 37.8 Å². The van der Waals surface area contributed by atoms with Crippen LogP contribution in [0, 0.1) is 5.82 Å². The van der Waals surface area contributed by atoms with Crippen LogP contribution in [-0.2, 0) is 0 Å². The molecule has 1 N–H and O–H groups in total. The van der Waals surface area contributed by atoms with E-state index < -0.39 is 0 Å². The normalized spacial score (nSPS) is 12.1. The second-order valence-electron chi connectivity index (χ2n) is 4.32. The van der Waals surface area contributed by atoms with Gasteiger partial charge < -0.3 is 5.32 Å². The van der Waals surface area contributed by atoms with Crippen molar-refractivity contribution in [3.05, 3.63) is 77.7 Å². The number of nitrogens with one attached hydrogen (secondary N) is 1. The summed E-state index contributed by atoms with van der Waals surface area (Å²) < 4.78 is 16.9. The van der Waals surface area contributed by atoms with Crippen LogP contribution in [0.15, 0.2) is 60.8 Å². The molecule has 0 amide bonds. The van der Waals surface area contributed by atoms with Crippen LogP contribution in [0.1, 0.15) is 17.2 Å². The van der Waals surface area contributed by atoms with Crippen molar-refractivity contribution in [2.24, 2.45) is 0 Å². The van der Waals surface area contributed by atoms with Gasteiger partial charge in [-0.3, -0.25) is 0 Å². The fourth-order valence-electron chi connectivity index (χ4n) is 2.03. The van der Waals surface area contributed by atoms with Crippen LogP contribution in [0.2, 0.25) is 0 Å². The van der Waals surface area contributed by atoms with Crippen molar-refractivity contribution in [2.75, 3.05) is 5.32 Å². The van der Waals surface area contributed by atoms with Crippen LogP contribution in [0.5, 0.6) is 0 Å². The third kappa shape index (κ3) is 2.83. The molecular weight excluding hydrogens is 273 g/mol. The Balaban J connectivity index is 1.97. The quantitative estimate of drug-likeness (QED) is 0.790. The first-order valence-electron chi connectivity index (χ1n) is 6.17. The SMILES string of the molecule is Fc1ccc(C(Nc2cnns2)c2ccccc2)cc1. The molecule has 0 saturated heterocycles. The van der Waals surface area contributed by atoms with Gasteiger partial charge >= 0.3 is 0 Å². The first kappa shape index (κ1) is 12.7. The highest BCUT2D eigenvalue weighted by Crippen LogP contribution is 2.27. The predicted molar refractivity (Wildman–Crippen MR) is 78.2 cm³/mol. The highest BCUT2D eigenvalue weighted by Gasteiger charge is 2.14. The van der Waals surface area contributed by atoms with Gasteiger partial charge in [0.05, 0.1) is 12.2 Å². The van der Waals surface area contributed by atoms with E-state index >= 15 is 0 Å². The molecule has 1 atom stereocenters. The van der Waals surface area contributed by atoms with Gasteiger partial charge in [0, 0.05) is 11.5 Å². The molecule has 0 aliphatic carbocycles. The Labute approximate surface area is 120 Å².